The van der Waals surface area contributed by atoms with Gasteiger partial charge in [-0.25, -0.2) is 0 Å². The van der Waals surface area contributed by atoms with E-state index >= 15 is 0 Å². The van der Waals surface area contributed by atoms with Gasteiger partial charge in [0.15, 0.2) is 0 Å². The van der Waals surface area contributed by atoms with Crippen LogP contribution in [0, 0.1) is 0 Å². The van der Waals surface area contributed by atoms with Crippen LogP contribution in [-0.4, -0.2) is 61.6 Å². The molecule has 2 rings (SSSR count). The van der Waals surface area contributed by atoms with Gasteiger partial charge in [0.1, 0.15) is 0 Å². The Bertz CT molecular complexity index is 241. The van der Waals surface area contributed by atoms with E-state index in [-0.39, 0.29) is 5.97 Å². The van der Waals surface area contributed by atoms with E-state index in [0.717, 1.165) is 25.7 Å². The Hall–Kier alpha value is -0.610. The number of likely N-dealkylation sites (N-methyl/N-ethyl adjacent to an activating group) is 1. The molecule has 1 unspecified atom stereocenters. The summed E-state index contributed by atoms with van der Waals surface area (Å²) < 4.78 is 4.75. The molecule has 4 heteroatoms. The first-order valence-corrected chi connectivity index (χ1v) is 5.72. The molecular weight excluding hydrogens is 192 g/mol. The van der Waals surface area contributed by atoms with Crippen molar-refractivity contribution in [1.29, 1.82) is 0 Å². The van der Waals surface area contributed by atoms with E-state index < -0.39 is 0 Å². The van der Waals surface area contributed by atoms with Crippen LogP contribution < -0.4 is 0 Å². The number of nitrogens with zero attached hydrogens (tertiary/aromatic N) is 2. The van der Waals surface area contributed by atoms with Crippen LogP contribution in [0.2, 0.25) is 0 Å². The van der Waals surface area contributed by atoms with Crippen LogP contribution >= 0.6 is 0 Å². The predicted molar refractivity (Wildman–Crippen MR) is 57.6 cm³/mol. The summed E-state index contributed by atoms with van der Waals surface area (Å²) in [6.45, 7) is 3.21. The lowest BCUT2D eigenvalue weighted by Gasteiger charge is -2.39. The van der Waals surface area contributed by atoms with Crippen LogP contribution in [0.25, 0.3) is 0 Å². The highest BCUT2D eigenvalue weighted by Gasteiger charge is 2.37. The summed E-state index contributed by atoms with van der Waals surface area (Å²) >= 11 is 0. The highest BCUT2D eigenvalue weighted by Crippen LogP contribution is 2.30. The summed E-state index contributed by atoms with van der Waals surface area (Å²) in [5.74, 6) is -0.0825. The molecule has 1 atom stereocenters. The van der Waals surface area contributed by atoms with Gasteiger partial charge in [-0.15, -0.1) is 0 Å². The van der Waals surface area contributed by atoms with E-state index in [1.54, 1.807) is 0 Å². The van der Waals surface area contributed by atoms with E-state index in [2.05, 4.69) is 16.8 Å². The van der Waals surface area contributed by atoms with Gasteiger partial charge in [0.2, 0.25) is 0 Å². The van der Waals surface area contributed by atoms with E-state index in [4.69, 9.17) is 4.74 Å². The van der Waals surface area contributed by atoms with Gasteiger partial charge >= 0.3 is 5.97 Å². The lowest BCUT2D eigenvalue weighted by Crippen LogP contribution is -2.53. The first-order valence-electron chi connectivity index (χ1n) is 5.72. The fraction of sp³-hybridized carbons (Fsp3) is 0.909. The topological polar surface area (TPSA) is 32.8 Å². The SMILES string of the molecule is COC(=O)CC1CN(C)CCN1C1CC1. The molecule has 0 amide bonds. The van der Waals surface area contributed by atoms with Crippen LogP contribution in [0.15, 0.2) is 0 Å². The van der Waals surface area contributed by atoms with Crippen molar-refractivity contribution in [1.82, 2.24) is 9.80 Å². The number of rotatable bonds is 3. The van der Waals surface area contributed by atoms with E-state index in [1.165, 1.54) is 20.0 Å². The van der Waals surface area contributed by atoms with Gasteiger partial charge in [-0.3, -0.25) is 9.69 Å². The zero-order valence-electron chi connectivity index (χ0n) is 9.61. The molecular formula is C11H20N2O2. The molecule has 0 aromatic carbocycles. The third-order valence-corrected chi connectivity index (χ3v) is 3.38. The maximum Gasteiger partial charge on any atom is 0.307 e. The molecule has 15 heavy (non-hydrogen) atoms. The van der Waals surface area contributed by atoms with Crippen molar-refractivity contribution in [3.8, 4) is 0 Å². The smallest absolute Gasteiger partial charge is 0.307 e. The highest BCUT2D eigenvalue weighted by atomic mass is 16.5. The molecule has 2 fully saturated rings. The van der Waals surface area contributed by atoms with E-state index in [1.807, 2.05) is 0 Å². The number of carbonyl (C=O) groups is 1. The van der Waals surface area contributed by atoms with Crippen LogP contribution in [-0.2, 0) is 9.53 Å². The Morgan fingerprint density at radius 3 is 2.73 bits per heavy atom. The molecule has 1 aliphatic carbocycles. The van der Waals surface area contributed by atoms with Gasteiger partial charge in [-0.1, -0.05) is 0 Å². The first-order chi connectivity index (χ1) is 7.20. The minimum Gasteiger partial charge on any atom is -0.469 e. The lowest BCUT2D eigenvalue weighted by atomic mass is 10.1. The third-order valence-electron chi connectivity index (χ3n) is 3.38. The largest absolute Gasteiger partial charge is 0.469 e. The zero-order valence-corrected chi connectivity index (χ0v) is 9.61. The standard InChI is InChI=1S/C11H20N2O2/c1-12-5-6-13(9-3-4-9)10(8-12)7-11(14)15-2/h9-10H,3-8H2,1-2H3. The molecule has 0 N–H and O–H groups in total. The summed E-state index contributed by atoms with van der Waals surface area (Å²) in [7, 11) is 3.59. The van der Waals surface area contributed by atoms with Crippen LogP contribution in [0.5, 0.6) is 0 Å². The Kier molecular flexibility index (Phi) is 3.26. The second kappa shape index (κ2) is 4.49. The highest BCUT2D eigenvalue weighted by molar-refractivity contribution is 5.70. The van der Waals surface area contributed by atoms with Crippen molar-refractivity contribution >= 4 is 5.97 Å². The number of hydrogen-bond acceptors (Lipinski definition) is 4. The van der Waals surface area contributed by atoms with Crippen LogP contribution in [0.3, 0.4) is 0 Å². The molecule has 0 spiro atoms. The summed E-state index contributed by atoms with van der Waals surface area (Å²) in [5.41, 5.74) is 0. The van der Waals surface area contributed by atoms with Gasteiger partial charge in [0, 0.05) is 31.7 Å². The minimum absolute atomic E-state index is 0.0825. The van der Waals surface area contributed by atoms with Crippen molar-refractivity contribution < 1.29 is 9.53 Å². The average molecular weight is 212 g/mol. The molecule has 1 aliphatic heterocycles. The second-order valence-electron chi connectivity index (χ2n) is 4.67. The third kappa shape index (κ3) is 2.69. The summed E-state index contributed by atoms with van der Waals surface area (Å²) in [5, 5.41) is 0. The average Bonchev–Trinajstić information content (AvgIpc) is 3.01. The zero-order chi connectivity index (χ0) is 10.8. The number of hydrogen-bond donors (Lipinski definition) is 0. The lowest BCUT2D eigenvalue weighted by molar-refractivity contribution is -0.142. The number of carbonyl (C=O) groups excluding carboxylic acids is 1. The van der Waals surface area contributed by atoms with Crippen LogP contribution in [0.4, 0.5) is 0 Å². The Morgan fingerprint density at radius 1 is 1.40 bits per heavy atom. The predicted octanol–water partition coefficient (Wildman–Crippen LogP) is 0.328. The molecule has 1 heterocycles. The fourth-order valence-corrected chi connectivity index (χ4v) is 2.37. The monoisotopic (exact) mass is 212 g/mol. The summed E-state index contributed by atoms with van der Waals surface area (Å²) in [6.07, 6.45) is 3.15. The molecule has 1 saturated carbocycles. The van der Waals surface area contributed by atoms with Gasteiger partial charge in [0.25, 0.3) is 0 Å². The van der Waals surface area contributed by atoms with Gasteiger partial charge in [0.05, 0.1) is 13.5 Å². The molecule has 0 aromatic rings. The first kappa shape index (κ1) is 10.9. The van der Waals surface area contributed by atoms with Crippen molar-refractivity contribution in [2.75, 3.05) is 33.8 Å². The van der Waals surface area contributed by atoms with Gasteiger partial charge in [-0.05, 0) is 19.9 Å². The number of esters is 1. The van der Waals surface area contributed by atoms with E-state index in [0.29, 0.717) is 12.5 Å². The summed E-state index contributed by atoms with van der Waals surface area (Å²) in [4.78, 5) is 16.1. The molecule has 0 bridgehead atoms. The van der Waals surface area contributed by atoms with Crippen molar-refractivity contribution in [3.05, 3.63) is 0 Å². The van der Waals surface area contributed by atoms with E-state index in [9.17, 15) is 4.79 Å². The number of piperazine rings is 1. The maximum atomic E-state index is 11.3. The Morgan fingerprint density at radius 2 is 2.13 bits per heavy atom. The van der Waals surface area contributed by atoms with Gasteiger partial charge < -0.3 is 9.64 Å². The normalized spacial score (nSPS) is 29.1. The summed E-state index contributed by atoms with van der Waals surface area (Å²) in [6, 6.07) is 1.11. The molecule has 0 aromatic heterocycles. The molecule has 1 saturated heterocycles. The molecule has 2 aliphatic rings. The Balaban J connectivity index is 1.93. The molecule has 0 radical (unpaired) electrons. The van der Waals surface area contributed by atoms with Crippen molar-refractivity contribution in [2.45, 2.75) is 31.3 Å². The quantitative estimate of drug-likeness (QED) is 0.631. The molecule has 4 nitrogen and oxygen atoms in total. The second-order valence-corrected chi connectivity index (χ2v) is 4.67. The van der Waals surface area contributed by atoms with Crippen LogP contribution in [0.1, 0.15) is 19.3 Å². The minimum atomic E-state index is -0.0825. The molecule has 86 valence electrons. The van der Waals surface area contributed by atoms with Crippen molar-refractivity contribution in [2.24, 2.45) is 0 Å². The van der Waals surface area contributed by atoms with Crippen molar-refractivity contribution in [3.63, 3.8) is 0 Å². The number of ether oxygens (including phenoxy) is 1. The van der Waals surface area contributed by atoms with Gasteiger partial charge in [-0.2, -0.15) is 0 Å². The Labute approximate surface area is 91.2 Å². The number of methoxy groups -OCH3 is 1. The fourth-order valence-electron chi connectivity index (χ4n) is 2.37. The maximum absolute atomic E-state index is 11.3.